The van der Waals surface area contributed by atoms with Crippen LogP contribution < -0.4 is 0 Å². The molecule has 2 heteroatoms. The van der Waals surface area contributed by atoms with E-state index >= 15 is 0 Å². The van der Waals surface area contributed by atoms with E-state index in [1.54, 1.807) is 0 Å². The molecular weight excluding hydrogens is 140 g/mol. The first-order valence-electron chi connectivity index (χ1n) is 4.47. The topological polar surface area (TPSA) is 29.5 Å². The largest absolute Gasteiger partial charge is 0.396 e. The van der Waals surface area contributed by atoms with Gasteiger partial charge in [-0.15, -0.1) is 0 Å². The molecule has 0 aromatic heterocycles. The van der Waals surface area contributed by atoms with Crippen LogP contribution in [0.1, 0.15) is 33.1 Å². The minimum Gasteiger partial charge on any atom is -0.396 e. The molecule has 0 spiro atoms. The lowest BCUT2D eigenvalue weighted by molar-refractivity contribution is 0.0214. The molecule has 2 atom stereocenters. The molecule has 0 radical (unpaired) electrons. The highest BCUT2D eigenvalue weighted by Crippen LogP contribution is 2.38. The van der Waals surface area contributed by atoms with E-state index in [-0.39, 0.29) is 18.1 Å². The zero-order valence-electron chi connectivity index (χ0n) is 7.47. The fourth-order valence-corrected chi connectivity index (χ4v) is 1.93. The molecule has 2 nitrogen and oxygen atoms in total. The molecule has 0 saturated carbocycles. The molecule has 1 aliphatic rings. The van der Waals surface area contributed by atoms with Crippen LogP contribution in [-0.4, -0.2) is 24.4 Å². The van der Waals surface area contributed by atoms with Crippen LogP contribution in [0.25, 0.3) is 0 Å². The summed E-state index contributed by atoms with van der Waals surface area (Å²) in [4.78, 5) is 0. The van der Waals surface area contributed by atoms with Crippen molar-refractivity contribution < 1.29 is 9.84 Å². The standard InChI is InChI=1S/C9H18O2/c1-3-4-9(7-10)5-6-11-8(9)2/h8,10H,3-7H2,1-2H3. The van der Waals surface area contributed by atoms with Gasteiger partial charge in [0.05, 0.1) is 12.7 Å². The number of aliphatic hydroxyl groups is 1. The molecule has 0 bridgehead atoms. The smallest absolute Gasteiger partial charge is 0.0625 e. The molecule has 1 fully saturated rings. The fraction of sp³-hybridized carbons (Fsp3) is 1.00. The van der Waals surface area contributed by atoms with E-state index in [0.717, 1.165) is 25.9 Å². The van der Waals surface area contributed by atoms with Gasteiger partial charge in [-0.2, -0.15) is 0 Å². The molecule has 1 heterocycles. The molecule has 1 aliphatic heterocycles. The van der Waals surface area contributed by atoms with Crippen LogP contribution in [0, 0.1) is 5.41 Å². The molecule has 66 valence electrons. The van der Waals surface area contributed by atoms with Gasteiger partial charge in [0.2, 0.25) is 0 Å². The molecule has 2 unspecified atom stereocenters. The van der Waals surface area contributed by atoms with Crippen molar-refractivity contribution in [2.45, 2.75) is 39.2 Å². The van der Waals surface area contributed by atoms with Crippen molar-refractivity contribution in [1.82, 2.24) is 0 Å². The summed E-state index contributed by atoms with van der Waals surface area (Å²) in [5, 5.41) is 9.24. The van der Waals surface area contributed by atoms with Crippen molar-refractivity contribution in [3.05, 3.63) is 0 Å². The van der Waals surface area contributed by atoms with Crippen LogP contribution in [-0.2, 0) is 4.74 Å². The minimum atomic E-state index is 0.0781. The minimum absolute atomic E-state index is 0.0781. The molecule has 0 amide bonds. The zero-order chi connectivity index (χ0) is 8.32. The van der Waals surface area contributed by atoms with Crippen molar-refractivity contribution in [1.29, 1.82) is 0 Å². The fourth-order valence-electron chi connectivity index (χ4n) is 1.93. The number of hydrogen-bond acceptors (Lipinski definition) is 2. The maximum atomic E-state index is 9.24. The number of hydrogen-bond donors (Lipinski definition) is 1. The maximum absolute atomic E-state index is 9.24. The predicted octanol–water partition coefficient (Wildman–Crippen LogP) is 1.57. The summed E-state index contributed by atoms with van der Waals surface area (Å²) in [5.41, 5.74) is 0.0781. The average Bonchev–Trinajstić information content (AvgIpc) is 2.35. The van der Waals surface area contributed by atoms with Crippen LogP contribution in [0.5, 0.6) is 0 Å². The number of aliphatic hydroxyl groups excluding tert-OH is 1. The van der Waals surface area contributed by atoms with Crippen LogP contribution >= 0.6 is 0 Å². The molecule has 1 saturated heterocycles. The summed E-state index contributed by atoms with van der Waals surface area (Å²) >= 11 is 0. The Labute approximate surface area is 68.6 Å². The van der Waals surface area contributed by atoms with E-state index in [0.29, 0.717) is 0 Å². The van der Waals surface area contributed by atoms with E-state index < -0.39 is 0 Å². The first-order valence-corrected chi connectivity index (χ1v) is 4.47. The lowest BCUT2D eigenvalue weighted by Crippen LogP contribution is -2.32. The number of ether oxygens (including phenoxy) is 1. The molecule has 11 heavy (non-hydrogen) atoms. The monoisotopic (exact) mass is 158 g/mol. The SMILES string of the molecule is CCCC1(CO)CCOC1C. The van der Waals surface area contributed by atoms with Gasteiger partial charge in [0, 0.05) is 12.0 Å². The summed E-state index contributed by atoms with van der Waals surface area (Å²) in [6.07, 6.45) is 3.49. The predicted molar refractivity (Wildman–Crippen MR) is 44.5 cm³/mol. The van der Waals surface area contributed by atoms with Crippen LogP contribution in [0.4, 0.5) is 0 Å². The van der Waals surface area contributed by atoms with Crippen molar-refractivity contribution in [3.63, 3.8) is 0 Å². The lowest BCUT2D eigenvalue weighted by atomic mass is 9.78. The Morgan fingerprint density at radius 2 is 2.36 bits per heavy atom. The average molecular weight is 158 g/mol. The van der Waals surface area contributed by atoms with E-state index in [1.165, 1.54) is 0 Å². The summed E-state index contributed by atoms with van der Waals surface area (Å²) in [6.45, 7) is 5.32. The van der Waals surface area contributed by atoms with Gasteiger partial charge in [0.25, 0.3) is 0 Å². The quantitative estimate of drug-likeness (QED) is 0.675. The van der Waals surface area contributed by atoms with Gasteiger partial charge in [-0.25, -0.2) is 0 Å². The van der Waals surface area contributed by atoms with Crippen molar-refractivity contribution >= 4 is 0 Å². The first-order chi connectivity index (χ1) is 5.25. The highest BCUT2D eigenvalue weighted by molar-refractivity contribution is 4.88. The van der Waals surface area contributed by atoms with E-state index in [9.17, 15) is 5.11 Å². The van der Waals surface area contributed by atoms with Gasteiger partial charge in [0.1, 0.15) is 0 Å². The highest BCUT2D eigenvalue weighted by atomic mass is 16.5. The summed E-state index contributed by atoms with van der Waals surface area (Å²) in [7, 11) is 0. The molecule has 0 aromatic carbocycles. The summed E-state index contributed by atoms with van der Waals surface area (Å²) < 4.78 is 5.45. The Morgan fingerprint density at radius 1 is 1.64 bits per heavy atom. The van der Waals surface area contributed by atoms with E-state index in [4.69, 9.17) is 4.74 Å². The summed E-state index contributed by atoms with van der Waals surface area (Å²) in [6, 6.07) is 0. The highest BCUT2D eigenvalue weighted by Gasteiger charge is 2.39. The Bertz CT molecular complexity index is 125. The Hall–Kier alpha value is -0.0800. The lowest BCUT2D eigenvalue weighted by Gasteiger charge is -2.29. The van der Waals surface area contributed by atoms with Gasteiger partial charge in [0.15, 0.2) is 0 Å². The maximum Gasteiger partial charge on any atom is 0.0625 e. The van der Waals surface area contributed by atoms with Gasteiger partial charge in [-0.05, 0) is 19.8 Å². The Morgan fingerprint density at radius 3 is 2.73 bits per heavy atom. The molecule has 1 rings (SSSR count). The van der Waals surface area contributed by atoms with E-state index in [1.807, 2.05) is 0 Å². The molecular formula is C9H18O2. The summed E-state index contributed by atoms with van der Waals surface area (Å²) in [5.74, 6) is 0. The second-order valence-electron chi connectivity index (χ2n) is 3.53. The van der Waals surface area contributed by atoms with Gasteiger partial charge in [-0.1, -0.05) is 13.3 Å². The molecule has 1 N–H and O–H groups in total. The van der Waals surface area contributed by atoms with Crippen molar-refractivity contribution in [3.8, 4) is 0 Å². The second kappa shape index (κ2) is 3.55. The van der Waals surface area contributed by atoms with Crippen molar-refractivity contribution in [2.24, 2.45) is 5.41 Å². The molecule has 0 aliphatic carbocycles. The van der Waals surface area contributed by atoms with Crippen LogP contribution in [0.3, 0.4) is 0 Å². The second-order valence-corrected chi connectivity index (χ2v) is 3.53. The van der Waals surface area contributed by atoms with Gasteiger partial charge >= 0.3 is 0 Å². The van der Waals surface area contributed by atoms with Crippen molar-refractivity contribution in [2.75, 3.05) is 13.2 Å². The third kappa shape index (κ3) is 1.57. The molecule has 0 aromatic rings. The first kappa shape index (κ1) is 9.01. The van der Waals surface area contributed by atoms with Crippen LogP contribution in [0.2, 0.25) is 0 Å². The Balaban J connectivity index is 2.57. The van der Waals surface area contributed by atoms with Crippen LogP contribution in [0.15, 0.2) is 0 Å². The van der Waals surface area contributed by atoms with Gasteiger partial charge in [-0.3, -0.25) is 0 Å². The van der Waals surface area contributed by atoms with Gasteiger partial charge < -0.3 is 9.84 Å². The zero-order valence-corrected chi connectivity index (χ0v) is 7.47. The van der Waals surface area contributed by atoms with E-state index in [2.05, 4.69) is 13.8 Å². The Kier molecular flexibility index (Phi) is 2.90. The third-order valence-electron chi connectivity index (χ3n) is 2.89. The number of rotatable bonds is 3. The normalized spacial score (nSPS) is 37.9. The third-order valence-corrected chi connectivity index (χ3v) is 2.89.